The largest absolute Gasteiger partial charge is 0.478 e. The molecule has 5 nitrogen and oxygen atoms in total. The van der Waals surface area contributed by atoms with Gasteiger partial charge >= 0.3 is 5.97 Å². The van der Waals surface area contributed by atoms with Crippen molar-refractivity contribution >= 4 is 34.6 Å². The predicted molar refractivity (Wildman–Crippen MR) is 101 cm³/mol. The second kappa shape index (κ2) is 7.27. The van der Waals surface area contributed by atoms with Crippen LogP contribution in [0.1, 0.15) is 40.3 Å². The number of hydrogen-bond acceptors (Lipinski definition) is 4. The monoisotopic (exact) mass is 358 g/mol. The van der Waals surface area contributed by atoms with E-state index in [9.17, 15) is 14.7 Å². The Kier molecular flexibility index (Phi) is 5.08. The second-order valence-corrected chi connectivity index (χ2v) is 7.77. The number of anilines is 2. The molecule has 0 aliphatic carbocycles. The van der Waals surface area contributed by atoms with Crippen molar-refractivity contribution < 1.29 is 14.7 Å². The van der Waals surface area contributed by atoms with Gasteiger partial charge in [0.25, 0.3) is 5.91 Å². The van der Waals surface area contributed by atoms with E-state index in [1.165, 1.54) is 11.3 Å². The fourth-order valence-corrected chi connectivity index (χ4v) is 4.14. The smallest absolute Gasteiger partial charge is 0.337 e. The van der Waals surface area contributed by atoms with Gasteiger partial charge in [0, 0.05) is 18.8 Å². The number of thiophene rings is 1. The lowest BCUT2D eigenvalue weighted by atomic mass is 9.91. The molecule has 6 heteroatoms. The Morgan fingerprint density at radius 2 is 1.92 bits per heavy atom. The minimum atomic E-state index is -0.979. The molecule has 1 amide bonds. The molecule has 2 heterocycles. The molecule has 3 rings (SSSR count). The van der Waals surface area contributed by atoms with Crippen LogP contribution in [0.4, 0.5) is 11.4 Å². The molecule has 1 fully saturated rings. The quantitative estimate of drug-likeness (QED) is 0.860. The van der Waals surface area contributed by atoms with Gasteiger partial charge in [0.2, 0.25) is 0 Å². The van der Waals surface area contributed by atoms with E-state index < -0.39 is 5.97 Å². The summed E-state index contributed by atoms with van der Waals surface area (Å²) in [5, 5.41) is 14.2. The standard InChI is InChI=1S/C19H22N2O3S/c1-12-8-13(2)11-21(10-12)16-6-5-14(9-15(16)19(23)24)20-18(22)17-4-3-7-25-17/h3-7,9,12-13H,8,10-11H2,1-2H3,(H,20,22)(H,23,24). The van der Waals surface area contributed by atoms with Crippen LogP contribution in [-0.2, 0) is 0 Å². The van der Waals surface area contributed by atoms with Gasteiger partial charge in [-0.25, -0.2) is 4.79 Å². The number of piperidine rings is 1. The van der Waals surface area contributed by atoms with Crippen molar-refractivity contribution in [3.05, 3.63) is 46.2 Å². The highest BCUT2D eigenvalue weighted by Crippen LogP contribution is 2.30. The summed E-state index contributed by atoms with van der Waals surface area (Å²) in [7, 11) is 0. The summed E-state index contributed by atoms with van der Waals surface area (Å²) in [5.74, 6) is -0.139. The number of carboxylic acid groups (broad SMARTS) is 1. The second-order valence-electron chi connectivity index (χ2n) is 6.82. The van der Waals surface area contributed by atoms with Gasteiger partial charge in [0.05, 0.1) is 16.1 Å². The summed E-state index contributed by atoms with van der Waals surface area (Å²) in [6.07, 6.45) is 1.16. The molecule has 2 unspecified atom stereocenters. The summed E-state index contributed by atoms with van der Waals surface area (Å²) < 4.78 is 0. The molecule has 2 N–H and O–H groups in total. The minimum absolute atomic E-state index is 0.223. The van der Waals surface area contributed by atoms with Crippen molar-refractivity contribution in [2.45, 2.75) is 20.3 Å². The van der Waals surface area contributed by atoms with Crippen molar-refractivity contribution in [3.63, 3.8) is 0 Å². The fraction of sp³-hybridized carbons (Fsp3) is 0.368. The van der Waals surface area contributed by atoms with E-state index in [4.69, 9.17) is 0 Å². The van der Waals surface area contributed by atoms with Crippen LogP contribution in [0.15, 0.2) is 35.7 Å². The molecule has 132 valence electrons. The summed E-state index contributed by atoms with van der Waals surface area (Å²) in [6.45, 7) is 6.09. The van der Waals surface area contributed by atoms with Crippen molar-refractivity contribution in [1.82, 2.24) is 0 Å². The molecule has 1 saturated heterocycles. The van der Waals surface area contributed by atoms with Gasteiger partial charge in [-0.2, -0.15) is 0 Å². The zero-order valence-corrected chi connectivity index (χ0v) is 15.2. The molecule has 1 aliphatic rings. The van der Waals surface area contributed by atoms with Crippen molar-refractivity contribution in [1.29, 1.82) is 0 Å². The van der Waals surface area contributed by atoms with Crippen LogP contribution in [0.25, 0.3) is 0 Å². The molecule has 2 aromatic rings. The van der Waals surface area contributed by atoms with E-state index in [-0.39, 0.29) is 11.5 Å². The van der Waals surface area contributed by atoms with Crippen molar-refractivity contribution in [3.8, 4) is 0 Å². The highest BCUT2D eigenvalue weighted by Gasteiger charge is 2.25. The first kappa shape index (κ1) is 17.5. The summed E-state index contributed by atoms with van der Waals surface area (Å²) in [4.78, 5) is 26.7. The average molecular weight is 358 g/mol. The van der Waals surface area contributed by atoms with Crippen LogP contribution < -0.4 is 10.2 Å². The number of aromatic carboxylic acids is 1. The van der Waals surface area contributed by atoms with Crippen LogP contribution in [0.2, 0.25) is 0 Å². The third-order valence-electron chi connectivity index (χ3n) is 4.44. The lowest BCUT2D eigenvalue weighted by Gasteiger charge is -2.37. The number of carbonyl (C=O) groups excluding carboxylic acids is 1. The number of nitrogens with one attached hydrogen (secondary N) is 1. The van der Waals surface area contributed by atoms with Crippen LogP contribution in [0.3, 0.4) is 0 Å². The Bertz CT molecular complexity index is 763. The van der Waals surface area contributed by atoms with E-state index in [2.05, 4.69) is 24.1 Å². The zero-order valence-electron chi connectivity index (χ0n) is 14.4. The summed E-state index contributed by atoms with van der Waals surface area (Å²) >= 11 is 1.35. The highest BCUT2D eigenvalue weighted by molar-refractivity contribution is 7.12. The van der Waals surface area contributed by atoms with E-state index in [0.717, 1.165) is 25.2 Å². The third kappa shape index (κ3) is 4.02. The zero-order chi connectivity index (χ0) is 18.0. The Hall–Kier alpha value is -2.34. The number of amides is 1. The predicted octanol–water partition coefficient (Wildman–Crippen LogP) is 4.18. The van der Waals surface area contributed by atoms with Gasteiger partial charge in [-0.05, 0) is 47.9 Å². The van der Waals surface area contributed by atoms with E-state index in [1.54, 1.807) is 24.3 Å². The summed E-state index contributed by atoms with van der Waals surface area (Å²) in [6, 6.07) is 8.68. The number of carbonyl (C=O) groups is 2. The Morgan fingerprint density at radius 1 is 1.20 bits per heavy atom. The number of rotatable bonds is 4. The van der Waals surface area contributed by atoms with E-state index in [0.29, 0.717) is 22.4 Å². The first-order valence-corrected chi connectivity index (χ1v) is 9.29. The molecular formula is C19H22N2O3S. The van der Waals surface area contributed by atoms with E-state index >= 15 is 0 Å². The normalized spacial score (nSPS) is 20.3. The lowest BCUT2D eigenvalue weighted by Crippen LogP contribution is -2.39. The topological polar surface area (TPSA) is 69.6 Å². The van der Waals surface area contributed by atoms with Crippen molar-refractivity contribution in [2.24, 2.45) is 11.8 Å². The maximum atomic E-state index is 12.2. The first-order valence-electron chi connectivity index (χ1n) is 8.41. The Labute approximate surface area is 151 Å². The molecule has 25 heavy (non-hydrogen) atoms. The Balaban J connectivity index is 1.85. The van der Waals surface area contributed by atoms with Gasteiger partial charge in [-0.1, -0.05) is 19.9 Å². The molecule has 1 aromatic heterocycles. The van der Waals surface area contributed by atoms with Gasteiger partial charge in [-0.15, -0.1) is 11.3 Å². The van der Waals surface area contributed by atoms with Crippen molar-refractivity contribution in [2.75, 3.05) is 23.3 Å². The van der Waals surface area contributed by atoms with Crippen LogP contribution in [0.5, 0.6) is 0 Å². The molecule has 0 radical (unpaired) electrons. The number of benzene rings is 1. The summed E-state index contributed by atoms with van der Waals surface area (Å²) in [5.41, 5.74) is 1.45. The van der Waals surface area contributed by atoms with Gasteiger partial charge in [0.1, 0.15) is 0 Å². The van der Waals surface area contributed by atoms with Gasteiger partial charge in [0.15, 0.2) is 0 Å². The molecule has 2 atom stereocenters. The van der Waals surface area contributed by atoms with Crippen LogP contribution in [0, 0.1) is 11.8 Å². The number of nitrogens with zero attached hydrogens (tertiary/aromatic N) is 1. The fourth-order valence-electron chi connectivity index (χ4n) is 3.52. The maximum absolute atomic E-state index is 12.2. The highest BCUT2D eigenvalue weighted by atomic mass is 32.1. The van der Waals surface area contributed by atoms with E-state index in [1.807, 2.05) is 11.4 Å². The average Bonchev–Trinajstić information content (AvgIpc) is 3.08. The molecule has 0 bridgehead atoms. The Morgan fingerprint density at radius 3 is 2.52 bits per heavy atom. The molecule has 0 saturated carbocycles. The number of carboxylic acids is 1. The molecular weight excluding hydrogens is 336 g/mol. The number of hydrogen-bond donors (Lipinski definition) is 2. The SMILES string of the molecule is CC1CC(C)CN(c2ccc(NC(=O)c3cccs3)cc2C(=O)O)C1. The molecule has 0 spiro atoms. The van der Waals surface area contributed by atoms with Crippen LogP contribution in [-0.4, -0.2) is 30.1 Å². The van der Waals surface area contributed by atoms with Gasteiger partial charge < -0.3 is 15.3 Å². The minimum Gasteiger partial charge on any atom is -0.478 e. The first-order chi connectivity index (χ1) is 11.9. The molecule has 1 aromatic carbocycles. The third-order valence-corrected chi connectivity index (χ3v) is 5.31. The molecule has 1 aliphatic heterocycles. The van der Waals surface area contributed by atoms with Crippen LogP contribution >= 0.6 is 11.3 Å². The lowest BCUT2D eigenvalue weighted by molar-refractivity contribution is 0.0697. The maximum Gasteiger partial charge on any atom is 0.337 e. The van der Waals surface area contributed by atoms with Gasteiger partial charge in [-0.3, -0.25) is 4.79 Å².